The highest BCUT2D eigenvalue weighted by atomic mass is 16.5. The molecule has 10 heteroatoms. The van der Waals surface area contributed by atoms with Gasteiger partial charge in [-0.1, -0.05) is 12.1 Å². The minimum Gasteiger partial charge on any atom is -0.383 e. The summed E-state index contributed by atoms with van der Waals surface area (Å²) in [6.45, 7) is 5.62. The highest BCUT2D eigenvalue weighted by Gasteiger charge is 2.35. The molecule has 0 fully saturated rings. The predicted octanol–water partition coefficient (Wildman–Crippen LogP) is 3.04. The molecule has 2 aromatic carbocycles. The van der Waals surface area contributed by atoms with Crippen LogP contribution in [0.2, 0.25) is 0 Å². The van der Waals surface area contributed by atoms with Crippen molar-refractivity contribution in [3.63, 3.8) is 0 Å². The van der Waals surface area contributed by atoms with Crippen molar-refractivity contribution in [2.24, 2.45) is 16.8 Å². The third-order valence-electron chi connectivity index (χ3n) is 6.74. The first kappa shape index (κ1) is 25.1. The molecular formula is C27H33N7O3. The molecule has 0 spiro atoms. The van der Waals surface area contributed by atoms with E-state index >= 15 is 0 Å². The van der Waals surface area contributed by atoms with Gasteiger partial charge in [-0.3, -0.25) is 9.69 Å². The van der Waals surface area contributed by atoms with Gasteiger partial charge < -0.3 is 25.2 Å². The van der Waals surface area contributed by atoms with Crippen molar-refractivity contribution in [2.75, 3.05) is 45.5 Å². The monoisotopic (exact) mass is 503 g/mol. The molecule has 2 aromatic heterocycles. The maximum absolute atomic E-state index is 13.4. The second-order valence-electron chi connectivity index (χ2n) is 9.38. The van der Waals surface area contributed by atoms with Gasteiger partial charge in [-0.05, 0) is 42.8 Å². The third-order valence-corrected chi connectivity index (χ3v) is 6.74. The summed E-state index contributed by atoms with van der Waals surface area (Å²) in [5.41, 5.74) is 11.7. The van der Waals surface area contributed by atoms with Crippen LogP contribution in [-0.2, 0) is 16.0 Å². The number of benzene rings is 2. The number of H-pyrrole nitrogens is 2. The number of hydrogen-bond donors (Lipinski definition) is 3. The Hall–Kier alpha value is -3.57. The highest BCUT2D eigenvalue weighted by molar-refractivity contribution is 6.09. The Labute approximate surface area is 215 Å². The van der Waals surface area contributed by atoms with E-state index in [4.69, 9.17) is 15.2 Å². The van der Waals surface area contributed by atoms with Crippen molar-refractivity contribution >= 4 is 39.6 Å². The number of aryl methyl sites for hydroxylation is 1. The van der Waals surface area contributed by atoms with Crippen molar-refractivity contribution in [3.8, 4) is 0 Å². The lowest BCUT2D eigenvalue weighted by Gasteiger charge is -2.23. The van der Waals surface area contributed by atoms with E-state index in [0.29, 0.717) is 18.9 Å². The number of fused-ring (bicyclic) bond motifs is 2. The molecule has 1 aliphatic rings. The number of imidazole rings is 1. The number of rotatable bonds is 11. The minimum absolute atomic E-state index is 0.0880. The van der Waals surface area contributed by atoms with Gasteiger partial charge in [0.15, 0.2) is 5.78 Å². The van der Waals surface area contributed by atoms with Crippen LogP contribution in [0, 0.1) is 12.8 Å². The lowest BCUT2D eigenvalue weighted by atomic mass is 10.00. The van der Waals surface area contributed by atoms with E-state index in [2.05, 4.69) is 37.1 Å². The molecule has 2 unspecified atom stereocenters. The SMILES string of the molecule is COCCN(CCOC)Cc1ccc2cc(C(=O)C3C=NN(c4ccc5[nH]c(C)nc5c4)C3N)[nH]c2c1. The number of Topliss-reactive ketones (excluding diaryl/α,β-unsaturated/α-hetero) is 1. The van der Waals surface area contributed by atoms with Gasteiger partial charge >= 0.3 is 0 Å². The number of methoxy groups -OCH3 is 2. The second kappa shape index (κ2) is 10.8. The zero-order valence-corrected chi connectivity index (χ0v) is 21.4. The van der Waals surface area contributed by atoms with Crippen molar-refractivity contribution in [2.45, 2.75) is 19.6 Å². The maximum Gasteiger partial charge on any atom is 0.191 e. The quantitative estimate of drug-likeness (QED) is 0.269. The van der Waals surface area contributed by atoms with E-state index in [0.717, 1.165) is 58.6 Å². The number of carbonyl (C=O) groups is 1. The Bertz CT molecular complexity index is 1420. The average molecular weight is 504 g/mol. The molecule has 1 aliphatic heterocycles. The Kier molecular flexibility index (Phi) is 7.33. The zero-order chi connectivity index (χ0) is 25.9. The van der Waals surface area contributed by atoms with Crippen LogP contribution in [-0.4, -0.2) is 78.5 Å². The summed E-state index contributed by atoms with van der Waals surface area (Å²) in [6.07, 6.45) is 1.02. The van der Waals surface area contributed by atoms with Crippen molar-refractivity contribution < 1.29 is 14.3 Å². The summed E-state index contributed by atoms with van der Waals surface area (Å²) >= 11 is 0. The van der Waals surface area contributed by atoms with Crippen LogP contribution in [0.1, 0.15) is 21.9 Å². The van der Waals surface area contributed by atoms with E-state index < -0.39 is 12.1 Å². The standard InChI is InChI=1S/C27H33N7O3/c1-17-30-22-7-6-20(14-24(22)31-17)34-27(28)21(15-29-34)26(35)25-13-19-5-4-18(12-23(19)32-25)16-33(8-10-36-2)9-11-37-3/h4-7,12-15,21,27,32H,8-11,16,28H2,1-3H3,(H,30,31). The number of nitrogens with two attached hydrogens (primary N) is 1. The molecule has 0 aliphatic carbocycles. The first-order valence-corrected chi connectivity index (χ1v) is 12.4. The van der Waals surface area contributed by atoms with Gasteiger partial charge in [-0.15, -0.1) is 0 Å². The summed E-state index contributed by atoms with van der Waals surface area (Å²) in [6, 6.07) is 13.9. The van der Waals surface area contributed by atoms with Gasteiger partial charge in [-0.25, -0.2) is 9.99 Å². The molecule has 0 bridgehead atoms. The lowest BCUT2D eigenvalue weighted by molar-refractivity contribution is 0.0943. The van der Waals surface area contributed by atoms with Gasteiger partial charge in [0.25, 0.3) is 0 Å². The fraction of sp³-hybridized carbons (Fsp3) is 0.370. The largest absolute Gasteiger partial charge is 0.383 e. The molecule has 10 nitrogen and oxygen atoms in total. The zero-order valence-electron chi connectivity index (χ0n) is 21.4. The molecule has 0 saturated carbocycles. The van der Waals surface area contributed by atoms with E-state index in [-0.39, 0.29) is 5.78 Å². The Morgan fingerprint density at radius 2 is 1.84 bits per heavy atom. The molecule has 0 radical (unpaired) electrons. The van der Waals surface area contributed by atoms with Crippen molar-refractivity contribution in [3.05, 3.63) is 59.5 Å². The molecule has 37 heavy (non-hydrogen) atoms. The van der Waals surface area contributed by atoms with Crippen LogP contribution >= 0.6 is 0 Å². The van der Waals surface area contributed by atoms with E-state index in [1.165, 1.54) is 0 Å². The predicted molar refractivity (Wildman–Crippen MR) is 145 cm³/mol. The first-order chi connectivity index (χ1) is 18.0. The van der Waals surface area contributed by atoms with Crippen LogP contribution in [0.5, 0.6) is 0 Å². The number of ether oxygens (including phenoxy) is 2. The molecule has 0 saturated heterocycles. The Morgan fingerprint density at radius 1 is 1.05 bits per heavy atom. The van der Waals surface area contributed by atoms with E-state index in [9.17, 15) is 4.79 Å². The number of nitrogens with zero attached hydrogens (tertiary/aromatic N) is 4. The number of nitrogens with one attached hydrogen (secondary N) is 2. The van der Waals surface area contributed by atoms with E-state index in [1.54, 1.807) is 25.4 Å². The maximum atomic E-state index is 13.4. The van der Waals surface area contributed by atoms with E-state index in [1.807, 2.05) is 37.3 Å². The minimum atomic E-state index is -0.609. The summed E-state index contributed by atoms with van der Waals surface area (Å²) in [7, 11) is 3.41. The second-order valence-corrected chi connectivity index (χ2v) is 9.38. The summed E-state index contributed by atoms with van der Waals surface area (Å²) in [5.74, 6) is 0.187. The van der Waals surface area contributed by atoms with Gasteiger partial charge in [0, 0.05) is 51.0 Å². The van der Waals surface area contributed by atoms with Crippen molar-refractivity contribution in [1.29, 1.82) is 0 Å². The molecule has 5 rings (SSSR count). The number of aromatic amines is 2. The average Bonchev–Trinajstić information content (AvgIpc) is 3.59. The van der Waals surface area contributed by atoms with Gasteiger partial charge in [0.2, 0.25) is 0 Å². The number of ketones is 1. The molecule has 3 heterocycles. The Morgan fingerprint density at radius 3 is 2.59 bits per heavy atom. The first-order valence-electron chi connectivity index (χ1n) is 12.4. The summed E-state index contributed by atoms with van der Waals surface area (Å²) in [5, 5.41) is 7.12. The molecular weight excluding hydrogens is 470 g/mol. The topological polar surface area (TPSA) is 125 Å². The molecule has 4 aromatic rings. The van der Waals surface area contributed by atoms with Crippen LogP contribution < -0.4 is 10.7 Å². The van der Waals surface area contributed by atoms with Crippen molar-refractivity contribution in [1.82, 2.24) is 19.9 Å². The lowest BCUT2D eigenvalue weighted by Crippen LogP contribution is -2.43. The van der Waals surface area contributed by atoms with Gasteiger partial charge in [-0.2, -0.15) is 5.10 Å². The number of hydrazone groups is 1. The van der Waals surface area contributed by atoms with Crippen LogP contribution in [0.3, 0.4) is 0 Å². The third kappa shape index (κ3) is 5.28. The molecule has 2 atom stereocenters. The summed E-state index contributed by atoms with van der Waals surface area (Å²) in [4.78, 5) is 26.7. The molecule has 4 N–H and O–H groups in total. The molecule has 0 amide bonds. The highest BCUT2D eigenvalue weighted by Crippen LogP contribution is 2.28. The van der Waals surface area contributed by atoms with Crippen LogP contribution in [0.4, 0.5) is 5.69 Å². The fourth-order valence-corrected chi connectivity index (χ4v) is 4.74. The van der Waals surface area contributed by atoms with Crippen LogP contribution in [0.15, 0.2) is 47.6 Å². The smallest absolute Gasteiger partial charge is 0.191 e. The summed E-state index contributed by atoms with van der Waals surface area (Å²) < 4.78 is 10.5. The van der Waals surface area contributed by atoms with Gasteiger partial charge in [0.05, 0.1) is 41.5 Å². The number of aromatic nitrogens is 3. The fourth-order valence-electron chi connectivity index (χ4n) is 4.74. The Balaban J connectivity index is 1.30. The normalized spacial score (nSPS) is 17.6. The number of anilines is 1. The van der Waals surface area contributed by atoms with Gasteiger partial charge in [0.1, 0.15) is 12.0 Å². The van der Waals surface area contributed by atoms with Crippen LogP contribution in [0.25, 0.3) is 21.9 Å². The number of carbonyl (C=O) groups excluding carboxylic acids is 1. The molecule has 194 valence electrons. The number of hydrogen-bond acceptors (Lipinski definition) is 8.